The van der Waals surface area contributed by atoms with Crippen LogP contribution in [-0.4, -0.2) is 49.7 Å². The highest BCUT2D eigenvalue weighted by molar-refractivity contribution is 5.83. The van der Waals surface area contributed by atoms with Gasteiger partial charge in [0.25, 0.3) is 0 Å². The van der Waals surface area contributed by atoms with Crippen molar-refractivity contribution < 1.29 is 9.53 Å². The zero-order valence-corrected chi connectivity index (χ0v) is 11.0. The number of nitrogens with zero attached hydrogens (tertiary/aromatic N) is 1. The zero-order chi connectivity index (χ0) is 12.3. The Bertz CT molecular complexity index is 273. The molecule has 0 aromatic rings. The van der Waals surface area contributed by atoms with E-state index < -0.39 is 0 Å². The van der Waals surface area contributed by atoms with Gasteiger partial charge in [-0.1, -0.05) is 0 Å². The van der Waals surface area contributed by atoms with Crippen LogP contribution in [-0.2, 0) is 9.53 Å². The molecule has 0 aromatic heterocycles. The SMILES string of the molecule is CCOC1CCCN(C(=O)C2(C)CCNC2)C1. The number of carbonyl (C=O) groups excluding carboxylic acids is 1. The molecule has 2 aliphatic heterocycles. The molecule has 0 aliphatic carbocycles. The fraction of sp³-hybridized carbons (Fsp3) is 0.923. The first-order chi connectivity index (χ1) is 8.15. The summed E-state index contributed by atoms with van der Waals surface area (Å²) < 4.78 is 5.65. The number of hydrogen-bond donors (Lipinski definition) is 1. The molecule has 4 nitrogen and oxygen atoms in total. The molecule has 1 N–H and O–H groups in total. The Morgan fingerprint density at radius 3 is 3.06 bits per heavy atom. The molecule has 4 heteroatoms. The van der Waals surface area contributed by atoms with E-state index in [1.165, 1.54) is 0 Å². The van der Waals surface area contributed by atoms with E-state index in [9.17, 15) is 4.79 Å². The number of hydrogen-bond acceptors (Lipinski definition) is 3. The van der Waals surface area contributed by atoms with Crippen molar-refractivity contribution in [1.82, 2.24) is 10.2 Å². The summed E-state index contributed by atoms with van der Waals surface area (Å²) in [6.07, 6.45) is 3.37. The molecule has 0 radical (unpaired) electrons. The molecule has 2 atom stereocenters. The normalized spacial score (nSPS) is 34.0. The second-order valence-corrected chi connectivity index (χ2v) is 5.46. The first-order valence-electron chi connectivity index (χ1n) is 6.77. The lowest BCUT2D eigenvalue weighted by atomic mass is 9.87. The maximum Gasteiger partial charge on any atom is 0.229 e. The minimum atomic E-state index is -0.186. The summed E-state index contributed by atoms with van der Waals surface area (Å²) in [5, 5.41) is 3.29. The minimum absolute atomic E-state index is 0.186. The molecular weight excluding hydrogens is 216 g/mol. The van der Waals surface area contributed by atoms with E-state index in [0.717, 1.165) is 52.0 Å². The molecule has 98 valence electrons. The van der Waals surface area contributed by atoms with Crippen molar-refractivity contribution in [3.05, 3.63) is 0 Å². The third-order valence-corrected chi connectivity index (χ3v) is 3.95. The number of likely N-dealkylation sites (tertiary alicyclic amines) is 1. The summed E-state index contributed by atoms with van der Waals surface area (Å²) in [5.41, 5.74) is -0.186. The molecule has 2 fully saturated rings. The lowest BCUT2D eigenvalue weighted by Gasteiger charge is -2.37. The second-order valence-electron chi connectivity index (χ2n) is 5.46. The third kappa shape index (κ3) is 2.80. The predicted molar refractivity (Wildman–Crippen MR) is 66.8 cm³/mol. The maximum absolute atomic E-state index is 12.5. The van der Waals surface area contributed by atoms with Crippen molar-refractivity contribution in [3.63, 3.8) is 0 Å². The Kier molecular flexibility index (Phi) is 4.05. The Morgan fingerprint density at radius 2 is 2.41 bits per heavy atom. The average molecular weight is 240 g/mol. The fourth-order valence-electron chi connectivity index (χ4n) is 2.88. The van der Waals surface area contributed by atoms with Crippen LogP contribution in [0.25, 0.3) is 0 Å². The standard InChI is InChI=1S/C13H24N2O2/c1-3-17-11-5-4-8-15(9-11)12(16)13(2)6-7-14-10-13/h11,14H,3-10H2,1-2H3. The molecule has 1 amide bonds. The number of carbonyl (C=O) groups is 1. The van der Waals surface area contributed by atoms with E-state index >= 15 is 0 Å². The zero-order valence-electron chi connectivity index (χ0n) is 11.0. The van der Waals surface area contributed by atoms with E-state index in [1.54, 1.807) is 0 Å². The molecule has 0 saturated carbocycles. The van der Waals surface area contributed by atoms with Crippen molar-refractivity contribution in [2.75, 3.05) is 32.8 Å². The predicted octanol–water partition coefficient (Wildman–Crippen LogP) is 1.01. The van der Waals surface area contributed by atoms with Crippen LogP contribution >= 0.6 is 0 Å². The summed E-state index contributed by atoms with van der Waals surface area (Å²) in [4.78, 5) is 14.5. The lowest BCUT2D eigenvalue weighted by Crippen LogP contribution is -2.49. The fourth-order valence-corrected chi connectivity index (χ4v) is 2.88. The molecule has 17 heavy (non-hydrogen) atoms. The van der Waals surface area contributed by atoms with Crippen molar-refractivity contribution in [1.29, 1.82) is 0 Å². The van der Waals surface area contributed by atoms with Crippen molar-refractivity contribution >= 4 is 5.91 Å². The van der Waals surface area contributed by atoms with Gasteiger partial charge in [0.05, 0.1) is 11.5 Å². The van der Waals surface area contributed by atoms with Crippen LogP contribution in [0.4, 0.5) is 0 Å². The highest BCUT2D eigenvalue weighted by Gasteiger charge is 2.40. The van der Waals surface area contributed by atoms with E-state index in [1.807, 2.05) is 11.8 Å². The Balaban J connectivity index is 1.94. The van der Waals surface area contributed by atoms with Gasteiger partial charge in [0.2, 0.25) is 5.91 Å². The Labute approximate surface area is 104 Å². The van der Waals surface area contributed by atoms with Crippen LogP contribution in [0.3, 0.4) is 0 Å². The molecule has 2 unspecified atom stereocenters. The van der Waals surface area contributed by atoms with Crippen LogP contribution < -0.4 is 5.32 Å². The summed E-state index contributed by atoms with van der Waals surface area (Å²) in [6, 6.07) is 0. The monoisotopic (exact) mass is 240 g/mol. The van der Waals surface area contributed by atoms with Crippen LogP contribution in [0.2, 0.25) is 0 Å². The van der Waals surface area contributed by atoms with Crippen LogP contribution in [0.15, 0.2) is 0 Å². The van der Waals surface area contributed by atoms with Gasteiger partial charge in [-0.2, -0.15) is 0 Å². The van der Waals surface area contributed by atoms with Gasteiger partial charge in [-0.3, -0.25) is 4.79 Å². The van der Waals surface area contributed by atoms with Gasteiger partial charge in [-0.25, -0.2) is 0 Å². The Morgan fingerprint density at radius 1 is 1.59 bits per heavy atom. The minimum Gasteiger partial charge on any atom is -0.377 e. The van der Waals surface area contributed by atoms with Gasteiger partial charge < -0.3 is 15.0 Å². The first kappa shape index (κ1) is 12.8. The molecule has 0 bridgehead atoms. The first-order valence-corrected chi connectivity index (χ1v) is 6.77. The second kappa shape index (κ2) is 5.36. The van der Waals surface area contributed by atoms with E-state index in [0.29, 0.717) is 5.91 Å². The van der Waals surface area contributed by atoms with Gasteiger partial charge in [0.15, 0.2) is 0 Å². The van der Waals surface area contributed by atoms with Gasteiger partial charge in [0.1, 0.15) is 0 Å². The van der Waals surface area contributed by atoms with Crippen LogP contribution in [0.1, 0.15) is 33.1 Å². The molecule has 0 aromatic carbocycles. The van der Waals surface area contributed by atoms with Gasteiger partial charge >= 0.3 is 0 Å². The molecule has 2 heterocycles. The average Bonchev–Trinajstić information content (AvgIpc) is 2.77. The molecule has 0 spiro atoms. The smallest absolute Gasteiger partial charge is 0.229 e. The Hall–Kier alpha value is -0.610. The number of piperidine rings is 1. The lowest BCUT2D eigenvalue weighted by molar-refractivity contribution is -0.144. The van der Waals surface area contributed by atoms with E-state index in [-0.39, 0.29) is 11.5 Å². The number of ether oxygens (including phenoxy) is 1. The number of rotatable bonds is 3. The quantitative estimate of drug-likeness (QED) is 0.800. The molecule has 2 saturated heterocycles. The van der Waals surface area contributed by atoms with Crippen LogP contribution in [0, 0.1) is 5.41 Å². The highest BCUT2D eigenvalue weighted by Crippen LogP contribution is 2.28. The van der Waals surface area contributed by atoms with Gasteiger partial charge in [0, 0.05) is 26.2 Å². The van der Waals surface area contributed by atoms with Gasteiger partial charge in [-0.15, -0.1) is 0 Å². The topological polar surface area (TPSA) is 41.6 Å². The third-order valence-electron chi connectivity index (χ3n) is 3.95. The summed E-state index contributed by atoms with van der Waals surface area (Å²) >= 11 is 0. The maximum atomic E-state index is 12.5. The van der Waals surface area contributed by atoms with E-state index in [2.05, 4.69) is 12.2 Å². The van der Waals surface area contributed by atoms with Crippen LogP contribution in [0.5, 0.6) is 0 Å². The summed E-state index contributed by atoms with van der Waals surface area (Å²) in [7, 11) is 0. The number of amides is 1. The largest absolute Gasteiger partial charge is 0.377 e. The summed E-state index contributed by atoms with van der Waals surface area (Å²) in [6.45, 7) is 8.31. The van der Waals surface area contributed by atoms with E-state index in [4.69, 9.17) is 4.74 Å². The molecular formula is C13H24N2O2. The summed E-state index contributed by atoms with van der Waals surface area (Å²) in [5.74, 6) is 0.312. The van der Waals surface area contributed by atoms with Crippen molar-refractivity contribution in [2.45, 2.75) is 39.2 Å². The van der Waals surface area contributed by atoms with Gasteiger partial charge in [-0.05, 0) is 39.7 Å². The molecule has 2 aliphatic rings. The highest BCUT2D eigenvalue weighted by atomic mass is 16.5. The van der Waals surface area contributed by atoms with Crippen molar-refractivity contribution in [3.8, 4) is 0 Å². The molecule has 2 rings (SSSR count). The number of nitrogens with one attached hydrogen (secondary N) is 1. The van der Waals surface area contributed by atoms with Crippen molar-refractivity contribution in [2.24, 2.45) is 5.41 Å².